The van der Waals surface area contributed by atoms with E-state index in [1.54, 1.807) is 26.0 Å². The lowest BCUT2D eigenvalue weighted by Gasteiger charge is -2.22. The van der Waals surface area contributed by atoms with Gasteiger partial charge in [-0.2, -0.15) is 4.31 Å². The summed E-state index contributed by atoms with van der Waals surface area (Å²) in [6.45, 7) is 9.44. The maximum absolute atomic E-state index is 12.8. The molecule has 5 nitrogen and oxygen atoms in total. The summed E-state index contributed by atoms with van der Waals surface area (Å²) in [5, 5.41) is 2.85. The molecular formula is C17H28N2O3S. The van der Waals surface area contributed by atoms with Crippen molar-refractivity contribution in [2.45, 2.75) is 58.4 Å². The number of nitrogens with zero attached hydrogens (tertiary/aromatic N) is 1. The lowest BCUT2D eigenvalue weighted by Crippen LogP contribution is -2.43. The van der Waals surface area contributed by atoms with Gasteiger partial charge in [-0.1, -0.05) is 32.4 Å². The van der Waals surface area contributed by atoms with E-state index in [0.29, 0.717) is 5.56 Å². The number of sulfonamides is 1. The molecule has 130 valence electrons. The number of carbonyl (C=O) groups is 1. The van der Waals surface area contributed by atoms with Crippen LogP contribution in [0.25, 0.3) is 0 Å². The first-order valence-corrected chi connectivity index (χ1v) is 9.53. The van der Waals surface area contributed by atoms with Gasteiger partial charge in [-0.15, -0.1) is 0 Å². The summed E-state index contributed by atoms with van der Waals surface area (Å²) < 4.78 is 26.9. The van der Waals surface area contributed by atoms with E-state index in [1.807, 2.05) is 26.8 Å². The molecule has 23 heavy (non-hydrogen) atoms. The number of likely N-dealkylation sites (N-methyl/N-ethyl adjacent to an activating group) is 1. The van der Waals surface area contributed by atoms with Gasteiger partial charge in [-0.3, -0.25) is 4.79 Å². The third kappa shape index (κ3) is 5.32. The second-order valence-electron chi connectivity index (χ2n) is 5.96. The molecule has 1 amide bonds. The van der Waals surface area contributed by atoms with Crippen LogP contribution in [-0.4, -0.2) is 37.8 Å². The molecule has 1 atom stereocenters. The monoisotopic (exact) mass is 340 g/mol. The van der Waals surface area contributed by atoms with Crippen molar-refractivity contribution in [3.63, 3.8) is 0 Å². The lowest BCUT2D eigenvalue weighted by atomic mass is 10.2. The Bertz CT molecular complexity index is 641. The molecule has 0 radical (unpaired) electrons. The van der Waals surface area contributed by atoms with Crippen molar-refractivity contribution < 1.29 is 13.2 Å². The molecule has 0 aliphatic rings. The highest BCUT2D eigenvalue weighted by atomic mass is 32.2. The van der Waals surface area contributed by atoms with Crippen molar-refractivity contribution >= 4 is 15.9 Å². The Hall–Kier alpha value is -1.40. The first kappa shape index (κ1) is 19.6. The van der Waals surface area contributed by atoms with Gasteiger partial charge >= 0.3 is 0 Å². The number of hydrogen-bond acceptors (Lipinski definition) is 3. The number of aryl methyl sites for hydroxylation is 2. The first-order chi connectivity index (χ1) is 10.7. The van der Waals surface area contributed by atoms with Gasteiger partial charge in [-0.05, 0) is 44.4 Å². The molecule has 6 heteroatoms. The number of carbonyl (C=O) groups excluding carboxylic acids is 1. The van der Waals surface area contributed by atoms with Crippen LogP contribution in [0.2, 0.25) is 0 Å². The number of hydrogen-bond donors (Lipinski definition) is 1. The Morgan fingerprint density at radius 2 is 1.91 bits per heavy atom. The molecule has 0 unspecified atom stereocenters. The van der Waals surface area contributed by atoms with Gasteiger partial charge in [0.15, 0.2) is 0 Å². The molecular weight excluding hydrogens is 312 g/mol. The van der Waals surface area contributed by atoms with E-state index < -0.39 is 10.0 Å². The Labute approximate surface area is 140 Å². The lowest BCUT2D eigenvalue weighted by molar-refractivity contribution is -0.121. The number of amides is 1. The van der Waals surface area contributed by atoms with E-state index in [4.69, 9.17) is 0 Å². The zero-order valence-electron chi connectivity index (χ0n) is 14.7. The molecule has 0 spiro atoms. The number of rotatable bonds is 8. The van der Waals surface area contributed by atoms with Gasteiger partial charge in [0.1, 0.15) is 0 Å². The van der Waals surface area contributed by atoms with Crippen molar-refractivity contribution in [1.29, 1.82) is 0 Å². The van der Waals surface area contributed by atoms with Crippen LogP contribution in [0.15, 0.2) is 23.1 Å². The van der Waals surface area contributed by atoms with Crippen LogP contribution in [0.1, 0.15) is 44.7 Å². The Morgan fingerprint density at radius 1 is 1.26 bits per heavy atom. The average molecular weight is 340 g/mol. The minimum Gasteiger partial charge on any atom is -0.353 e. The molecule has 0 aliphatic heterocycles. The molecule has 1 aromatic carbocycles. The van der Waals surface area contributed by atoms with Crippen LogP contribution in [0, 0.1) is 13.8 Å². The molecule has 0 aromatic heterocycles. The standard InChI is InChI=1S/C17H28N2O3S/c1-6-8-15(5)18-17(20)12-19(7-2)23(21,22)16-11-13(3)9-10-14(16)4/h9-11,15H,6-8,12H2,1-5H3,(H,18,20)/t15-/m0/s1. The van der Waals surface area contributed by atoms with Gasteiger partial charge in [0.05, 0.1) is 11.4 Å². The fourth-order valence-corrected chi connectivity index (χ4v) is 4.19. The largest absolute Gasteiger partial charge is 0.353 e. The topological polar surface area (TPSA) is 66.5 Å². The minimum absolute atomic E-state index is 0.0506. The summed E-state index contributed by atoms with van der Waals surface area (Å²) in [6.07, 6.45) is 1.85. The minimum atomic E-state index is -3.67. The molecule has 1 N–H and O–H groups in total. The van der Waals surface area contributed by atoms with Gasteiger partial charge in [0.2, 0.25) is 15.9 Å². The number of nitrogens with one attached hydrogen (secondary N) is 1. The summed E-state index contributed by atoms with van der Waals surface area (Å²) in [6, 6.07) is 5.38. The van der Waals surface area contributed by atoms with Crippen LogP contribution in [0.4, 0.5) is 0 Å². The highest BCUT2D eigenvalue weighted by molar-refractivity contribution is 7.89. The van der Waals surface area contributed by atoms with Crippen molar-refractivity contribution in [2.75, 3.05) is 13.1 Å². The Balaban J connectivity index is 2.95. The van der Waals surface area contributed by atoms with Crippen molar-refractivity contribution in [3.8, 4) is 0 Å². The van der Waals surface area contributed by atoms with Gasteiger partial charge in [-0.25, -0.2) is 8.42 Å². The summed E-state index contributed by atoms with van der Waals surface area (Å²) >= 11 is 0. The number of benzene rings is 1. The van der Waals surface area contributed by atoms with E-state index in [0.717, 1.165) is 18.4 Å². The maximum atomic E-state index is 12.8. The highest BCUT2D eigenvalue weighted by Gasteiger charge is 2.27. The zero-order valence-corrected chi connectivity index (χ0v) is 15.5. The first-order valence-electron chi connectivity index (χ1n) is 8.09. The highest BCUT2D eigenvalue weighted by Crippen LogP contribution is 2.21. The van der Waals surface area contributed by atoms with Crippen molar-refractivity contribution in [1.82, 2.24) is 9.62 Å². The third-order valence-corrected chi connectivity index (χ3v) is 5.83. The Morgan fingerprint density at radius 3 is 2.48 bits per heavy atom. The van der Waals surface area contributed by atoms with Crippen LogP contribution in [-0.2, 0) is 14.8 Å². The van der Waals surface area contributed by atoms with Crippen LogP contribution in [0.3, 0.4) is 0 Å². The molecule has 0 fully saturated rings. The van der Waals surface area contributed by atoms with E-state index in [2.05, 4.69) is 5.32 Å². The van der Waals surface area contributed by atoms with E-state index in [9.17, 15) is 13.2 Å². The summed E-state index contributed by atoms with van der Waals surface area (Å²) in [4.78, 5) is 12.4. The smallest absolute Gasteiger partial charge is 0.243 e. The fourth-order valence-electron chi connectivity index (χ4n) is 2.48. The predicted octanol–water partition coefficient (Wildman–Crippen LogP) is 2.62. The Kier molecular flexibility index (Phi) is 7.22. The van der Waals surface area contributed by atoms with Gasteiger partial charge in [0, 0.05) is 12.6 Å². The molecule has 0 bridgehead atoms. The maximum Gasteiger partial charge on any atom is 0.243 e. The fraction of sp³-hybridized carbons (Fsp3) is 0.588. The molecule has 0 aliphatic carbocycles. The second-order valence-corrected chi connectivity index (χ2v) is 7.86. The summed E-state index contributed by atoms with van der Waals surface area (Å²) in [7, 11) is -3.67. The molecule has 0 heterocycles. The molecule has 0 saturated heterocycles. The van der Waals surface area contributed by atoms with Crippen LogP contribution >= 0.6 is 0 Å². The summed E-state index contributed by atoms with van der Waals surface area (Å²) in [5.41, 5.74) is 1.57. The summed E-state index contributed by atoms with van der Waals surface area (Å²) in [5.74, 6) is -0.262. The van der Waals surface area contributed by atoms with Crippen LogP contribution < -0.4 is 5.32 Å². The van der Waals surface area contributed by atoms with E-state index in [1.165, 1.54) is 4.31 Å². The van der Waals surface area contributed by atoms with Crippen molar-refractivity contribution in [2.24, 2.45) is 0 Å². The predicted molar refractivity (Wildman–Crippen MR) is 92.9 cm³/mol. The van der Waals surface area contributed by atoms with Crippen LogP contribution in [0.5, 0.6) is 0 Å². The second kappa shape index (κ2) is 8.45. The molecule has 0 saturated carbocycles. The van der Waals surface area contributed by atoms with Gasteiger partial charge < -0.3 is 5.32 Å². The van der Waals surface area contributed by atoms with E-state index in [-0.39, 0.29) is 29.9 Å². The molecule has 1 aromatic rings. The van der Waals surface area contributed by atoms with E-state index >= 15 is 0 Å². The molecule has 1 rings (SSSR count). The average Bonchev–Trinajstić information content (AvgIpc) is 2.47. The normalized spacial score (nSPS) is 13.1. The quantitative estimate of drug-likeness (QED) is 0.791. The third-order valence-electron chi connectivity index (χ3n) is 3.76. The SMILES string of the molecule is CCC[C@H](C)NC(=O)CN(CC)S(=O)(=O)c1cc(C)ccc1C. The van der Waals surface area contributed by atoms with Gasteiger partial charge in [0.25, 0.3) is 0 Å². The van der Waals surface area contributed by atoms with Crippen molar-refractivity contribution in [3.05, 3.63) is 29.3 Å². The zero-order chi connectivity index (χ0) is 17.6.